The highest BCUT2D eigenvalue weighted by Crippen LogP contribution is 2.26. The number of hydrogen-bond acceptors (Lipinski definition) is 3. The molecule has 0 aliphatic carbocycles. The van der Waals surface area contributed by atoms with E-state index >= 15 is 0 Å². The van der Waals surface area contributed by atoms with Gasteiger partial charge in [0.15, 0.2) is 0 Å². The molecule has 0 spiro atoms. The van der Waals surface area contributed by atoms with Crippen molar-refractivity contribution in [2.45, 2.75) is 26.3 Å². The number of fused-ring (bicyclic) bond motifs is 1. The summed E-state index contributed by atoms with van der Waals surface area (Å²) < 4.78 is 24.8. The predicted octanol–water partition coefficient (Wildman–Crippen LogP) is 2.04. The number of sulfonamides is 1. The van der Waals surface area contributed by atoms with Crippen molar-refractivity contribution in [3.63, 3.8) is 0 Å². The number of aromatic nitrogens is 1. The Morgan fingerprint density at radius 3 is 2.57 bits per heavy atom. The highest BCUT2D eigenvalue weighted by molar-refractivity contribution is 7.88. The van der Waals surface area contributed by atoms with Gasteiger partial charge in [0.05, 0.1) is 6.26 Å². The van der Waals surface area contributed by atoms with Gasteiger partial charge in [0.2, 0.25) is 10.0 Å². The van der Waals surface area contributed by atoms with Gasteiger partial charge in [-0.25, -0.2) is 17.9 Å². The van der Waals surface area contributed by atoms with E-state index in [4.69, 9.17) is 0 Å². The lowest BCUT2D eigenvalue weighted by molar-refractivity contribution is 0.0690. The van der Waals surface area contributed by atoms with Gasteiger partial charge >= 0.3 is 5.97 Å². The molecule has 1 aromatic carbocycles. The molecular formula is C14H18N2O4S. The van der Waals surface area contributed by atoms with Crippen LogP contribution in [0, 0.1) is 0 Å². The molecule has 0 amide bonds. The summed E-state index contributed by atoms with van der Waals surface area (Å²) >= 11 is 0. The van der Waals surface area contributed by atoms with E-state index in [2.05, 4.69) is 9.71 Å². The van der Waals surface area contributed by atoms with Crippen LogP contribution in [-0.2, 0) is 16.6 Å². The van der Waals surface area contributed by atoms with Crippen molar-refractivity contribution in [3.05, 3.63) is 35.0 Å². The minimum atomic E-state index is -3.39. The summed E-state index contributed by atoms with van der Waals surface area (Å²) in [6.07, 6.45) is 1.04. The number of hydrogen-bond donors (Lipinski definition) is 3. The first-order valence-corrected chi connectivity index (χ1v) is 8.40. The molecule has 0 saturated carbocycles. The molecular weight excluding hydrogens is 292 g/mol. The molecule has 1 heterocycles. The summed E-state index contributed by atoms with van der Waals surface area (Å²) in [5.41, 5.74) is 2.22. The van der Waals surface area contributed by atoms with Crippen molar-refractivity contribution in [2.24, 2.45) is 0 Å². The van der Waals surface area contributed by atoms with Gasteiger partial charge in [0.25, 0.3) is 0 Å². The molecule has 0 atom stereocenters. The first-order valence-electron chi connectivity index (χ1n) is 6.51. The molecule has 0 saturated heterocycles. The fourth-order valence-corrected chi connectivity index (χ4v) is 2.60. The molecule has 3 N–H and O–H groups in total. The second-order valence-electron chi connectivity index (χ2n) is 5.34. The van der Waals surface area contributed by atoms with Crippen LogP contribution in [0.3, 0.4) is 0 Å². The molecule has 0 radical (unpaired) electrons. The van der Waals surface area contributed by atoms with Crippen LogP contribution >= 0.6 is 0 Å². The average molecular weight is 310 g/mol. The highest BCUT2D eigenvalue weighted by atomic mass is 32.2. The Morgan fingerprint density at radius 1 is 1.38 bits per heavy atom. The van der Waals surface area contributed by atoms with E-state index in [1.165, 1.54) is 0 Å². The van der Waals surface area contributed by atoms with Gasteiger partial charge in [0.1, 0.15) is 5.69 Å². The molecule has 21 heavy (non-hydrogen) atoms. The third-order valence-electron chi connectivity index (χ3n) is 3.32. The largest absolute Gasteiger partial charge is 0.477 e. The monoisotopic (exact) mass is 310 g/mol. The molecule has 0 aliphatic rings. The fraction of sp³-hybridized carbons (Fsp3) is 0.357. The number of carboxylic acids is 1. The van der Waals surface area contributed by atoms with Crippen LogP contribution in [0.15, 0.2) is 18.2 Å². The second-order valence-corrected chi connectivity index (χ2v) is 7.17. The van der Waals surface area contributed by atoms with Crippen molar-refractivity contribution in [1.29, 1.82) is 0 Å². The molecule has 2 aromatic rings. The summed E-state index contributed by atoms with van der Waals surface area (Å²) in [6.45, 7) is 4.03. The van der Waals surface area contributed by atoms with E-state index in [1.807, 2.05) is 32.0 Å². The van der Waals surface area contributed by atoms with Crippen LogP contribution < -0.4 is 4.72 Å². The number of H-pyrrole nitrogens is 1. The van der Waals surface area contributed by atoms with Gasteiger partial charge in [-0.2, -0.15) is 0 Å². The molecule has 114 valence electrons. The summed E-state index contributed by atoms with van der Waals surface area (Å²) in [7, 11) is -3.39. The summed E-state index contributed by atoms with van der Waals surface area (Å²) in [4.78, 5) is 14.2. The molecule has 6 nitrogen and oxygen atoms in total. The summed E-state index contributed by atoms with van der Waals surface area (Å²) in [6, 6.07) is 5.66. The van der Waals surface area contributed by atoms with Gasteiger partial charge in [-0.3, -0.25) is 0 Å². The average Bonchev–Trinajstić information content (AvgIpc) is 2.73. The summed E-state index contributed by atoms with van der Waals surface area (Å²) in [5, 5.41) is 10.00. The van der Waals surface area contributed by atoms with E-state index in [0.29, 0.717) is 17.0 Å². The molecule has 2 rings (SSSR count). The van der Waals surface area contributed by atoms with Crippen LogP contribution in [0.25, 0.3) is 10.9 Å². The van der Waals surface area contributed by atoms with Gasteiger partial charge in [0, 0.05) is 23.0 Å². The fourth-order valence-electron chi connectivity index (χ4n) is 2.19. The normalized spacial score (nSPS) is 12.2. The number of nitrogens with one attached hydrogen (secondary N) is 2. The molecule has 0 aliphatic heterocycles. The second kappa shape index (κ2) is 5.50. The number of aromatic carboxylic acids is 1. The van der Waals surface area contributed by atoms with Crippen LogP contribution in [0.4, 0.5) is 0 Å². The third-order valence-corrected chi connectivity index (χ3v) is 3.99. The van der Waals surface area contributed by atoms with Crippen molar-refractivity contribution in [3.8, 4) is 0 Å². The van der Waals surface area contributed by atoms with Crippen LogP contribution in [-0.4, -0.2) is 30.7 Å². The minimum absolute atomic E-state index is 0.0158. The molecule has 0 unspecified atom stereocenters. The van der Waals surface area contributed by atoms with E-state index in [-0.39, 0.29) is 12.2 Å². The lowest BCUT2D eigenvalue weighted by Crippen LogP contribution is -2.22. The van der Waals surface area contributed by atoms with Crippen LogP contribution in [0.5, 0.6) is 0 Å². The quantitative estimate of drug-likeness (QED) is 0.787. The predicted molar refractivity (Wildman–Crippen MR) is 81.0 cm³/mol. The molecule has 7 heteroatoms. The number of carbonyl (C=O) groups is 1. The molecule has 1 aromatic heterocycles. The zero-order valence-electron chi connectivity index (χ0n) is 12.1. The van der Waals surface area contributed by atoms with E-state index in [1.54, 1.807) is 0 Å². The minimum Gasteiger partial charge on any atom is -0.477 e. The Morgan fingerprint density at radius 2 is 2.05 bits per heavy atom. The number of aromatic amines is 1. The standard InChI is InChI=1S/C14H18N2O4S/c1-8(2)9-4-5-12-10(6-9)11(7-15-21(3,19)20)13(16-12)14(17)18/h4-6,8,15-16H,7H2,1-3H3,(H,17,18). The van der Waals surface area contributed by atoms with E-state index in [0.717, 1.165) is 17.2 Å². The lowest BCUT2D eigenvalue weighted by Gasteiger charge is -2.07. The first kappa shape index (κ1) is 15.5. The first-order chi connectivity index (χ1) is 9.69. The Labute approximate surface area is 123 Å². The maximum Gasteiger partial charge on any atom is 0.352 e. The van der Waals surface area contributed by atoms with E-state index in [9.17, 15) is 18.3 Å². The zero-order chi connectivity index (χ0) is 15.8. The maximum absolute atomic E-state index is 11.3. The Bertz CT molecular complexity index is 791. The van der Waals surface area contributed by atoms with Crippen molar-refractivity contribution < 1.29 is 18.3 Å². The number of carboxylic acid groups (broad SMARTS) is 1. The highest BCUT2D eigenvalue weighted by Gasteiger charge is 2.18. The maximum atomic E-state index is 11.3. The van der Waals surface area contributed by atoms with Crippen molar-refractivity contribution >= 4 is 26.9 Å². The van der Waals surface area contributed by atoms with Gasteiger partial charge in [-0.05, 0) is 23.6 Å². The SMILES string of the molecule is CC(C)c1ccc2[nH]c(C(=O)O)c(CNS(C)(=O)=O)c2c1. The van der Waals surface area contributed by atoms with Crippen molar-refractivity contribution in [1.82, 2.24) is 9.71 Å². The third kappa shape index (κ3) is 3.43. The van der Waals surface area contributed by atoms with Crippen LogP contribution in [0.2, 0.25) is 0 Å². The zero-order valence-corrected chi connectivity index (χ0v) is 12.9. The van der Waals surface area contributed by atoms with Gasteiger partial charge in [-0.1, -0.05) is 19.9 Å². The molecule has 0 bridgehead atoms. The van der Waals surface area contributed by atoms with Gasteiger partial charge < -0.3 is 10.1 Å². The smallest absolute Gasteiger partial charge is 0.352 e. The van der Waals surface area contributed by atoms with Gasteiger partial charge in [-0.15, -0.1) is 0 Å². The van der Waals surface area contributed by atoms with E-state index < -0.39 is 16.0 Å². The topological polar surface area (TPSA) is 99.3 Å². The lowest BCUT2D eigenvalue weighted by atomic mass is 10.00. The van der Waals surface area contributed by atoms with Crippen LogP contribution in [0.1, 0.15) is 41.4 Å². The number of rotatable bonds is 5. The number of benzene rings is 1. The Kier molecular flexibility index (Phi) is 4.06. The van der Waals surface area contributed by atoms with Crippen molar-refractivity contribution in [2.75, 3.05) is 6.26 Å². The summed E-state index contributed by atoms with van der Waals surface area (Å²) in [5.74, 6) is -0.809. The molecule has 0 fully saturated rings. The Balaban J connectivity index is 2.59. The Hall–Kier alpha value is -1.86.